The van der Waals surface area contributed by atoms with Gasteiger partial charge in [-0.05, 0) is 43.9 Å². The van der Waals surface area contributed by atoms with Gasteiger partial charge in [0.15, 0.2) is 0 Å². The number of nitrogens with zero attached hydrogens (tertiary/aromatic N) is 3. The van der Waals surface area contributed by atoms with Gasteiger partial charge in [-0.15, -0.1) is 0 Å². The van der Waals surface area contributed by atoms with Crippen molar-refractivity contribution in [2.45, 2.75) is 19.0 Å². The molecule has 6 nitrogen and oxygen atoms in total. The van der Waals surface area contributed by atoms with Gasteiger partial charge < -0.3 is 10.2 Å². The fraction of sp³-hybridized carbons (Fsp3) is 0.286. The minimum atomic E-state index is -0.307. The monoisotopic (exact) mass is 382 g/mol. The number of carbonyl (C=O) groups excluding carboxylic acids is 1. The summed E-state index contributed by atoms with van der Waals surface area (Å²) >= 11 is 0. The fourth-order valence-corrected chi connectivity index (χ4v) is 3.10. The van der Waals surface area contributed by atoms with E-state index in [0.717, 1.165) is 5.56 Å². The third-order valence-corrected chi connectivity index (χ3v) is 4.66. The summed E-state index contributed by atoms with van der Waals surface area (Å²) in [6.07, 6.45) is 1.62. The zero-order valence-electron chi connectivity index (χ0n) is 15.9. The number of likely N-dealkylation sites (N-methyl/N-ethyl adjacent to an activating group) is 1. The van der Waals surface area contributed by atoms with Crippen LogP contribution >= 0.6 is 0 Å². The quantitative estimate of drug-likeness (QED) is 0.681. The molecule has 0 radical (unpaired) electrons. The molecule has 1 heterocycles. The molecule has 0 spiro atoms. The third-order valence-electron chi connectivity index (χ3n) is 4.66. The van der Waals surface area contributed by atoms with Gasteiger partial charge >= 0.3 is 0 Å². The van der Waals surface area contributed by atoms with Crippen LogP contribution in [0.5, 0.6) is 0 Å². The molecule has 1 unspecified atom stereocenters. The van der Waals surface area contributed by atoms with Crippen LogP contribution in [0.25, 0.3) is 10.9 Å². The van der Waals surface area contributed by atoms with E-state index in [9.17, 15) is 14.0 Å². The van der Waals surface area contributed by atoms with Gasteiger partial charge in [0, 0.05) is 19.5 Å². The zero-order chi connectivity index (χ0) is 20.1. The van der Waals surface area contributed by atoms with Crippen LogP contribution in [0.15, 0.2) is 59.7 Å². The number of benzene rings is 2. The maximum atomic E-state index is 13.5. The number of hydrogen-bond donors (Lipinski definition) is 1. The fourth-order valence-electron chi connectivity index (χ4n) is 3.10. The molecular weight excluding hydrogens is 359 g/mol. The summed E-state index contributed by atoms with van der Waals surface area (Å²) in [6, 6.07) is 13.3. The van der Waals surface area contributed by atoms with Gasteiger partial charge in [-0.25, -0.2) is 9.37 Å². The lowest BCUT2D eigenvalue weighted by Crippen LogP contribution is -2.35. The highest BCUT2D eigenvalue weighted by Gasteiger charge is 2.16. The second-order valence-electron chi connectivity index (χ2n) is 6.85. The van der Waals surface area contributed by atoms with Gasteiger partial charge in [-0.3, -0.25) is 14.2 Å². The van der Waals surface area contributed by atoms with Crippen molar-refractivity contribution in [3.05, 3.63) is 76.6 Å². The zero-order valence-corrected chi connectivity index (χ0v) is 15.9. The summed E-state index contributed by atoms with van der Waals surface area (Å²) in [7, 11) is 3.75. The van der Waals surface area contributed by atoms with Crippen molar-refractivity contribution >= 4 is 16.8 Å². The van der Waals surface area contributed by atoms with Crippen LogP contribution in [-0.4, -0.2) is 41.0 Å². The second kappa shape index (κ2) is 8.75. The summed E-state index contributed by atoms with van der Waals surface area (Å²) in [5, 5.41) is 3.40. The first-order valence-corrected chi connectivity index (χ1v) is 9.08. The predicted octanol–water partition coefficient (Wildman–Crippen LogP) is 2.34. The molecule has 1 amide bonds. The maximum absolute atomic E-state index is 13.5. The number of rotatable bonds is 7. The Morgan fingerprint density at radius 2 is 2.00 bits per heavy atom. The van der Waals surface area contributed by atoms with Crippen LogP contribution in [0.3, 0.4) is 0 Å². The highest BCUT2D eigenvalue weighted by atomic mass is 19.1. The molecule has 0 aliphatic rings. The molecule has 146 valence electrons. The minimum absolute atomic E-state index is 0.148. The molecule has 1 aromatic heterocycles. The smallest absolute Gasteiger partial charge is 0.261 e. The second-order valence-corrected chi connectivity index (χ2v) is 6.85. The van der Waals surface area contributed by atoms with E-state index >= 15 is 0 Å². The average molecular weight is 382 g/mol. The first-order valence-electron chi connectivity index (χ1n) is 9.08. The van der Waals surface area contributed by atoms with E-state index in [0.29, 0.717) is 17.4 Å². The van der Waals surface area contributed by atoms with Gasteiger partial charge in [0.1, 0.15) is 5.82 Å². The number of aromatic nitrogens is 2. The number of nitrogens with one attached hydrogen (secondary N) is 1. The molecule has 3 aromatic rings. The topological polar surface area (TPSA) is 67.2 Å². The predicted molar refractivity (Wildman–Crippen MR) is 106 cm³/mol. The first-order chi connectivity index (χ1) is 13.5. The van der Waals surface area contributed by atoms with E-state index in [-0.39, 0.29) is 36.3 Å². The SMILES string of the molecule is CN(C)C(CNC(=O)CCn1cnc2ccccc2c1=O)c1cccc(F)c1. The van der Waals surface area contributed by atoms with Gasteiger partial charge in [0.2, 0.25) is 5.91 Å². The molecule has 7 heteroatoms. The summed E-state index contributed by atoms with van der Waals surface area (Å²) in [6.45, 7) is 0.593. The molecule has 0 saturated heterocycles. The minimum Gasteiger partial charge on any atom is -0.354 e. The first kappa shape index (κ1) is 19.7. The van der Waals surface area contributed by atoms with E-state index in [2.05, 4.69) is 10.3 Å². The van der Waals surface area contributed by atoms with Gasteiger partial charge in [-0.1, -0.05) is 24.3 Å². The van der Waals surface area contributed by atoms with Crippen molar-refractivity contribution in [1.29, 1.82) is 0 Å². The Hall–Kier alpha value is -3.06. The van der Waals surface area contributed by atoms with Crippen molar-refractivity contribution in [3.63, 3.8) is 0 Å². The average Bonchev–Trinajstić information content (AvgIpc) is 2.67. The van der Waals surface area contributed by atoms with Crippen LogP contribution in [0.4, 0.5) is 4.39 Å². The number of amides is 1. The molecule has 1 atom stereocenters. The Balaban J connectivity index is 1.61. The summed E-state index contributed by atoms with van der Waals surface area (Å²) in [4.78, 5) is 30.9. The highest BCUT2D eigenvalue weighted by Crippen LogP contribution is 2.18. The van der Waals surface area contributed by atoms with Crippen LogP contribution in [-0.2, 0) is 11.3 Å². The number of aryl methyl sites for hydroxylation is 1. The van der Waals surface area contributed by atoms with Crippen LogP contribution < -0.4 is 10.9 Å². The van der Waals surface area contributed by atoms with E-state index in [1.54, 1.807) is 24.3 Å². The van der Waals surface area contributed by atoms with Gasteiger partial charge in [-0.2, -0.15) is 0 Å². The van der Waals surface area contributed by atoms with Gasteiger partial charge in [0.05, 0.1) is 23.3 Å². The lowest BCUT2D eigenvalue weighted by atomic mass is 10.1. The number of halogens is 1. The summed E-state index contributed by atoms with van der Waals surface area (Å²) in [5.74, 6) is -0.484. The molecule has 28 heavy (non-hydrogen) atoms. The lowest BCUT2D eigenvalue weighted by Gasteiger charge is -2.25. The standard InChI is InChI=1S/C21H23FN4O2/c1-25(2)19(15-6-5-7-16(22)12-15)13-23-20(27)10-11-26-14-24-18-9-4-3-8-17(18)21(26)28/h3-9,12,14,19H,10-11,13H2,1-2H3,(H,23,27). The summed E-state index contributed by atoms with van der Waals surface area (Å²) in [5.41, 5.74) is 1.27. The Kier molecular flexibility index (Phi) is 6.16. The Bertz CT molecular complexity index is 1030. The van der Waals surface area contributed by atoms with E-state index < -0.39 is 0 Å². The van der Waals surface area contributed by atoms with E-state index in [1.807, 2.05) is 31.1 Å². The largest absolute Gasteiger partial charge is 0.354 e. The molecule has 0 fully saturated rings. The Labute approximate surface area is 162 Å². The molecule has 2 aromatic carbocycles. The highest BCUT2D eigenvalue weighted by molar-refractivity contribution is 5.77. The molecule has 0 bridgehead atoms. The lowest BCUT2D eigenvalue weighted by molar-refractivity contribution is -0.121. The summed E-state index contributed by atoms with van der Waals surface area (Å²) < 4.78 is 14.9. The normalized spacial score (nSPS) is 12.3. The number of para-hydroxylation sites is 1. The van der Waals surface area contributed by atoms with Crippen molar-refractivity contribution in [2.24, 2.45) is 0 Å². The van der Waals surface area contributed by atoms with E-state index in [4.69, 9.17) is 0 Å². The van der Waals surface area contributed by atoms with Gasteiger partial charge in [0.25, 0.3) is 5.56 Å². The molecule has 1 N–H and O–H groups in total. The van der Waals surface area contributed by atoms with Crippen LogP contribution in [0, 0.1) is 5.82 Å². The van der Waals surface area contributed by atoms with Crippen molar-refractivity contribution < 1.29 is 9.18 Å². The number of carbonyl (C=O) groups is 1. The molecule has 3 rings (SSSR count). The Morgan fingerprint density at radius 3 is 2.75 bits per heavy atom. The van der Waals surface area contributed by atoms with Crippen molar-refractivity contribution in [3.8, 4) is 0 Å². The van der Waals surface area contributed by atoms with Crippen molar-refractivity contribution in [2.75, 3.05) is 20.6 Å². The number of hydrogen-bond acceptors (Lipinski definition) is 4. The third kappa shape index (κ3) is 4.61. The number of fused-ring (bicyclic) bond motifs is 1. The molecular formula is C21H23FN4O2. The molecule has 0 saturated carbocycles. The van der Waals surface area contributed by atoms with Crippen LogP contribution in [0.1, 0.15) is 18.0 Å². The molecule has 0 aliphatic carbocycles. The molecule has 0 aliphatic heterocycles. The maximum Gasteiger partial charge on any atom is 0.261 e. The van der Waals surface area contributed by atoms with Crippen LogP contribution in [0.2, 0.25) is 0 Å². The van der Waals surface area contributed by atoms with Crippen molar-refractivity contribution in [1.82, 2.24) is 19.8 Å². The van der Waals surface area contributed by atoms with E-state index in [1.165, 1.54) is 23.0 Å². The Morgan fingerprint density at radius 1 is 1.21 bits per heavy atom.